The molecule has 0 aromatic rings. The number of alkyl halides is 1. The van der Waals surface area contributed by atoms with Gasteiger partial charge in [0.15, 0.2) is 0 Å². The Balaban J connectivity index is 1.20. The van der Waals surface area contributed by atoms with Crippen LogP contribution in [-0.4, -0.2) is 67.6 Å². The topological polar surface area (TPSA) is 74.9 Å². The molecule has 4 aliphatic rings. The minimum atomic E-state index is -0.644. The summed E-state index contributed by atoms with van der Waals surface area (Å²) in [6, 6.07) is -0.259. The first-order valence-electron chi connectivity index (χ1n) is 10.5. The van der Waals surface area contributed by atoms with Crippen molar-refractivity contribution in [2.24, 2.45) is 5.92 Å². The Morgan fingerprint density at radius 3 is 2.89 bits per heavy atom. The summed E-state index contributed by atoms with van der Waals surface area (Å²) in [5.41, 5.74) is 6.03. The van der Waals surface area contributed by atoms with Crippen molar-refractivity contribution in [1.29, 1.82) is 0 Å². The molecule has 2 saturated heterocycles. The first-order chi connectivity index (χ1) is 13.1. The van der Waals surface area contributed by atoms with Crippen LogP contribution in [0, 0.1) is 5.92 Å². The molecule has 4 fully saturated rings. The number of amides is 1. The molecule has 5 atom stereocenters. The highest BCUT2D eigenvalue weighted by atomic mass is 19.1. The van der Waals surface area contributed by atoms with Crippen molar-refractivity contribution in [3.63, 3.8) is 0 Å². The Morgan fingerprint density at radius 1 is 1.33 bits per heavy atom. The molecule has 1 amide bonds. The molecule has 27 heavy (non-hydrogen) atoms. The Bertz CT molecular complexity index is 528. The van der Waals surface area contributed by atoms with Crippen LogP contribution in [0.5, 0.6) is 0 Å². The fourth-order valence-corrected chi connectivity index (χ4v) is 5.01. The van der Waals surface area contributed by atoms with Crippen molar-refractivity contribution in [3.05, 3.63) is 0 Å². The summed E-state index contributed by atoms with van der Waals surface area (Å²) in [7, 11) is 1.73. The molecule has 2 aliphatic carbocycles. The van der Waals surface area contributed by atoms with E-state index < -0.39 is 6.17 Å². The lowest BCUT2D eigenvalue weighted by Crippen LogP contribution is -2.50. The SMILES string of the molecule is COC1(C2CC(C(=O)NC3CNN(CC4CCCC(F)C4)C3)NO2)CCC1. The maximum Gasteiger partial charge on any atom is 0.239 e. The van der Waals surface area contributed by atoms with Gasteiger partial charge in [0.05, 0.1) is 11.6 Å². The first-order valence-corrected chi connectivity index (χ1v) is 10.5. The molecular formula is C19H33FN4O3. The number of nitrogens with zero attached hydrogens (tertiary/aromatic N) is 1. The number of carbonyl (C=O) groups excluding carboxylic acids is 1. The van der Waals surface area contributed by atoms with Crippen molar-refractivity contribution >= 4 is 5.91 Å². The molecule has 154 valence electrons. The average Bonchev–Trinajstić information content (AvgIpc) is 3.25. The number of nitrogens with one attached hydrogen (secondary N) is 3. The summed E-state index contributed by atoms with van der Waals surface area (Å²) in [6.07, 6.45) is 6.53. The summed E-state index contributed by atoms with van der Waals surface area (Å²) < 4.78 is 19.2. The van der Waals surface area contributed by atoms with Crippen LogP contribution in [0.1, 0.15) is 51.4 Å². The van der Waals surface area contributed by atoms with Gasteiger partial charge in [-0.2, -0.15) is 5.48 Å². The predicted octanol–water partition coefficient (Wildman–Crippen LogP) is 1.05. The van der Waals surface area contributed by atoms with Crippen molar-refractivity contribution < 1.29 is 18.8 Å². The maximum absolute atomic E-state index is 13.6. The molecule has 2 aliphatic heterocycles. The third kappa shape index (κ3) is 4.29. The molecule has 0 aromatic heterocycles. The minimum absolute atomic E-state index is 0.0155. The van der Waals surface area contributed by atoms with Gasteiger partial charge in [-0.05, 0) is 44.4 Å². The third-order valence-electron chi connectivity index (χ3n) is 6.86. The number of hydrogen-bond acceptors (Lipinski definition) is 6. The van der Waals surface area contributed by atoms with Gasteiger partial charge in [-0.1, -0.05) is 6.42 Å². The Morgan fingerprint density at radius 2 is 2.19 bits per heavy atom. The molecule has 0 bridgehead atoms. The second kappa shape index (κ2) is 8.29. The number of hydroxylamine groups is 1. The lowest BCUT2D eigenvalue weighted by Gasteiger charge is -2.43. The second-order valence-electron chi connectivity index (χ2n) is 8.74. The number of hydrazine groups is 1. The van der Waals surface area contributed by atoms with Gasteiger partial charge in [-0.15, -0.1) is 0 Å². The van der Waals surface area contributed by atoms with Crippen LogP contribution >= 0.6 is 0 Å². The van der Waals surface area contributed by atoms with Gasteiger partial charge in [-0.25, -0.2) is 9.40 Å². The van der Waals surface area contributed by atoms with Crippen LogP contribution in [0.15, 0.2) is 0 Å². The van der Waals surface area contributed by atoms with Crippen LogP contribution in [0.2, 0.25) is 0 Å². The van der Waals surface area contributed by atoms with Crippen molar-refractivity contribution in [1.82, 2.24) is 21.2 Å². The largest absolute Gasteiger partial charge is 0.375 e. The van der Waals surface area contributed by atoms with Crippen LogP contribution < -0.4 is 16.2 Å². The number of ether oxygens (including phenoxy) is 1. The van der Waals surface area contributed by atoms with E-state index in [-0.39, 0.29) is 29.7 Å². The lowest BCUT2D eigenvalue weighted by molar-refractivity contribution is -0.169. The van der Waals surface area contributed by atoms with Gasteiger partial charge in [0.2, 0.25) is 5.91 Å². The van der Waals surface area contributed by atoms with E-state index in [1.165, 1.54) is 0 Å². The number of hydrogen-bond donors (Lipinski definition) is 3. The molecule has 7 nitrogen and oxygen atoms in total. The average molecular weight is 384 g/mol. The van der Waals surface area contributed by atoms with E-state index in [4.69, 9.17) is 9.57 Å². The molecule has 3 N–H and O–H groups in total. The fraction of sp³-hybridized carbons (Fsp3) is 0.947. The minimum Gasteiger partial charge on any atom is -0.375 e. The number of methoxy groups -OCH3 is 1. The second-order valence-corrected chi connectivity index (χ2v) is 8.74. The number of rotatable bonds is 6. The highest BCUT2D eigenvalue weighted by Crippen LogP contribution is 2.42. The zero-order valence-corrected chi connectivity index (χ0v) is 16.2. The molecule has 0 spiro atoms. The molecule has 0 aromatic carbocycles. The normalized spacial score (nSPS) is 39.3. The number of halogens is 1. The first kappa shape index (κ1) is 19.5. The van der Waals surface area contributed by atoms with E-state index in [9.17, 15) is 9.18 Å². The van der Waals surface area contributed by atoms with E-state index in [1.807, 2.05) is 0 Å². The van der Waals surface area contributed by atoms with E-state index in [2.05, 4.69) is 21.2 Å². The monoisotopic (exact) mass is 384 g/mol. The van der Waals surface area contributed by atoms with Crippen LogP contribution in [0.25, 0.3) is 0 Å². The van der Waals surface area contributed by atoms with Crippen LogP contribution in [0.3, 0.4) is 0 Å². The zero-order chi connectivity index (χ0) is 18.9. The van der Waals surface area contributed by atoms with E-state index in [0.717, 1.165) is 51.7 Å². The van der Waals surface area contributed by atoms with Gasteiger partial charge in [0.25, 0.3) is 0 Å². The molecular weight excluding hydrogens is 351 g/mol. The molecule has 2 saturated carbocycles. The van der Waals surface area contributed by atoms with Crippen molar-refractivity contribution in [3.8, 4) is 0 Å². The third-order valence-corrected chi connectivity index (χ3v) is 6.86. The van der Waals surface area contributed by atoms with Crippen LogP contribution in [-0.2, 0) is 14.4 Å². The molecule has 8 heteroatoms. The summed E-state index contributed by atoms with van der Waals surface area (Å²) in [5, 5.41) is 5.26. The van der Waals surface area contributed by atoms with E-state index in [0.29, 0.717) is 25.2 Å². The lowest BCUT2D eigenvalue weighted by atomic mass is 9.74. The van der Waals surface area contributed by atoms with Crippen molar-refractivity contribution in [2.75, 3.05) is 26.7 Å². The highest BCUT2D eigenvalue weighted by molar-refractivity contribution is 5.82. The Hall–Kier alpha value is -0.800. The van der Waals surface area contributed by atoms with Crippen molar-refractivity contribution in [2.45, 2.75) is 81.3 Å². The number of carbonyl (C=O) groups is 1. The van der Waals surface area contributed by atoms with Crippen LogP contribution in [0.4, 0.5) is 4.39 Å². The zero-order valence-electron chi connectivity index (χ0n) is 16.2. The fourth-order valence-electron chi connectivity index (χ4n) is 5.01. The van der Waals surface area contributed by atoms with Gasteiger partial charge in [0.1, 0.15) is 18.3 Å². The van der Waals surface area contributed by atoms with Gasteiger partial charge >= 0.3 is 0 Å². The summed E-state index contributed by atoms with van der Waals surface area (Å²) >= 11 is 0. The highest BCUT2D eigenvalue weighted by Gasteiger charge is 2.50. The summed E-state index contributed by atoms with van der Waals surface area (Å²) in [5.74, 6) is 0.396. The molecule has 5 unspecified atom stereocenters. The summed E-state index contributed by atoms with van der Waals surface area (Å²) in [4.78, 5) is 18.3. The smallest absolute Gasteiger partial charge is 0.239 e. The Kier molecular flexibility index (Phi) is 5.99. The van der Waals surface area contributed by atoms with E-state index >= 15 is 0 Å². The quantitative estimate of drug-likeness (QED) is 0.636. The molecule has 0 radical (unpaired) electrons. The maximum atomic E-state index is 13.6. The van der Waals surface area contributed by atoms with E-state index in [1.54, 1.807) is 7.11 Å². The standard InChI is InChI=1S/C19H33FN4O3/c1-26-19(6-3-7-19)17-9-16(23-27-17)18(25)22-15-10-21-24(12-15)11-13-4-2-5-14(20)8-13/h13-17,21,23H,2-12H2,1H3,(H,22,25). The Labute approximate surface area is 160 Å². The summed E-state index contributed by atoms with van der Waals surface area (Å²) in [6.45, 7) is 2.34. The molecule has 2 heterocycles. The van der Waals surface area contributed by atoms with Gasteiger partial charge < -0.3 is 10.1 Å². The predicted molar refractivity (Wildman–Crippen MR) is 98.4 cm³/mol. The van der Waals surface area contributed by atoms with Gasteiger partial charge in [-0.3, -0.25) is 15.1 Å². The molecule has 4 rings (SSSR count). The van der Waals surface area contributed by atoms with Gasteiger partial charge in [0, 0.05) is 33.2 Å².